The van der Waals surface area contributed by atoms with Crippen molar-refractivity contribution in [3.8, 4) is 34.1 Å². The Bertz CT molecular complexity index is 1170. The van der Waals surface area contributed by atoms with Gasteiger partial charge in [-0.3, -0.25) is 10.1 Å². The molecule has 0 aromatic heterocycles. The zero-order valence-corrected chi connectivity index (χ0v) is 15.8. The van der Waals surface area contributed by atoms with Crippen molar-refractivity contribution in [2.45, 2.75) is 0 Å². The van der Waals surface area contributed by atoms with Gasteiger partial charge in [-0.2, -0.15) is 0 Å². The SMILES string of the molecule is Nc1ccc(Oc2ccc(-c3[c]ccc(Oc4ccccc4[N+](=O)[O-])c3)cc2)cc1. The second-order valence-corrected chi connectivity index (χ2v) is 6.46. The van der Waals surface area contributed by atoms with Gasteiger partial charge in [0.15, 0.2) is 0 Å². The maximum atomic E-state index is 11.2. The Hall–Kier alpha value is -4.32. The van der Waals surface area contributed by atoms with E-state index in [4.69, 9.17) is 15.2 Å². The second-order valence-electron chi connectivity index (χ2n) is 6.46. The highest BCUT2D eigenvalue weighted by Gasteiger charge is 2.14. The summed E-state index contributed by atoms with van der Waals surface area (Å²) in [6, 6.07) is 29.3. The third-order valence-electron chi connectivity index (χ3n) is 4.34. The molecule has 0 fully saturated rings. The fourth-order valence-electron chi connectivity index (χ4n) is 2.87. The zero-order valence-electron chi connectivity index (χ0n) is 15.8. The van der Waals surface area contributed by atoms with Crippen molar-refractivity contribution in [3.63, 3.8) is 0 Å². The molecule has 30 heavy (non-hydrogen) atoms. The highest BCUT2D eigenvalue weighted by Crippen LogP contribution is 2.33. The van der Waals surface area contributed by atoms with Crippen molar-refractivity contribution >= 4 is 11.4 Å². The molecule has 0 atom stereocenters. The molecule has 0 spiro atoms. The van der Waals surface area contributed by atoms with Crippen molar-refractivity contribution < 1.29 is 14.4 Å². The van der Waals surface area contributed by atoms with Crippen LogP contribution >= 0.6 is 0 Å². The molecule has 0 amide bonds. The van der Waals surface area contributed by atoms with Crippen LogP contribution in [-0.2, 0) is 0 Å². The molecule has 0 aliphatic carbocycles. The normalized spacial score (nSPS) is 10.4. The van der Waals surface area contributed by atoms with E-state index in [0.717, 1.165) is 11.1 Å². The number of nitrogens with two attached hydrogens (primary N) is 1. The number of rotatable bonds is 6. The Morgan fingerprint density at radius 1 is 0.800 bits per heavy atom. The van der Waals surface area contributed by atoms with E-state index in [2.05, 4.69) is 6.07 Å². The van der Waals surface area contributed by atoms with Gasteiger partial charge in [0.2, 0.25) is 5.75 Å². The Kier molecular flexibility index (Phi) is 5.30. The maximum absolute atomic E-state index is 11.2. The fourth-order valence-corrected chi connectivity index (χ4v) is 2.87. The van der Waals surface area contributed by atoms with Gasteiger partial charge in [-0.15, -0.1) is 0 Å². The standard InChI is InChI=1S/C24H17N2O4/c25-19-10-14-21(15-11-19)29-20-12-8-17(9-13-20)18-4-3-5-22(16-18)30-24-7-2-1-6-23(24)26(27)28/h1-3,5-16H,25H2. The van der Waals surface area contributed by atoms with Crippen molar-refractivity contribution in [3.05, 3.63) is 107 Å². The van der Waals surface area contributed by atoms with Gasteiger partial charge in [0.05, 0.1) is 4.92 Å². The molecule has 0 bridgehead atoms. The molecule has 0 aliphatic rings. The van der Waals surface area contributed by atoms with Crippen molar-refractivity contribution in [2.24, 2.45) is 0 Å². The number of para-hydroxylation sites is 2. The highest BCUT2D eigenvalue weighted by molar-refractivity contribution is 5.65. The summed E-state index contributed by atoms with van der Waals surface area (Å²) in [4.78, 5) is 10.7. The zero-order chi connectivity index (χ0) is 20.9. The van der Waals surface area contributed by atoms with Crippen LogP contribution in [0.1, 0.15) is 0 Å². The average Bonchev–Trinajstić information content (AvgIpc) is 2.76. The summed E-state index contributed by atoms with van der Waals surface area (Å²) < 4.78 is 11.6. The van der Waals surface area contributed by atoms with Crippen molar-refractivity contribution in [1.82, 2.24) is 0 Å². The van der Waals surface area contributed by atoms with Gasteiger partial charge in [-0.25, -0.2) is 0 Å². The van der Waals surface area contributed by atoms with Gasteiger partial charge in [-0.05, 0) is 71.8 Å². The predicted octanol–water partition coefficient (Wildman–Crippen LogP) is 6.23. The minimum atomic E-state index is -0.467. The third-order valence-corrected chi connectivity index (χ3v) is 4.34. The molecule has 4 aromatic carbocycles. The molecule has 0 saturated heterocycles. The number of nitro groups is 1. The third kappa shape index (κ3) is 4.39. The van der Waals surface area contributed by atoms with Crippen LogP contribution in [0.4, 0.5) is 11.4 Å². The lowest BCUT2D eigenvalue weighted by Gasteiger charge is -2.09. The van der Waals surface area contributed by atoms with Gasteiger partial charge in [-0.1, -0.05) is 30.3 Å². The highest BCUT2D eigenvalue weighted by atomic mass is 16.6. The Balaban J connectivity index is 1.52. The van der Waals surface area contributed by atoms with E-state index in [0.29, 0.717) is 22.9 Å². The predicted molar refractivity (Wildman–Crippen MR) is 115 cm³/mol. The number of hydrogen-bond donors (Lipinski definition) is 1. The number of nitrogens with zero attached hydrogens (tertiary/aromatic N) is 1. The van der Waals surface area contributed by atoms with Crippen LogP contribution in [-0.4, -0.2) is 4.92 Å². The first kappa shape index (κ1) is 19.0. The van der Waals surface area contributed by atoms with E-state index < -0.39 is 4.92 Å². The Labute approximate surface area is 173 Å². The summed E-state index contributed by atoms with van der Waals surface area (Å²) in [5.41, 5.74) is 7.98. The summed E-state index contributed by atoms with van der Waals surface area (Å²) in [5.74, 6) is 2.06. The maximum Gasteiger partial charge on any atom is 0.311 e. The molecule has 1 radical (unpaired) electrons. The monoisotopic (exact) mass is 397 g/mol. The van der Waals surface area contributed by atoms with Crippen LogP contribution in [0.5, 0.6) is 23.0 Å². The van der Waals surface area contributed by atoms with E-state index in [9.17, 15) is 10.1 Å². The topological polar surface area (TPSA) is 87.6 Å². The molecule has 6 heteroatoms. The van der Waals surface area contributed by atoms with Crippen LogP contribution in [0.3, 0.4) is 0 Å². The number of nitro benzene ring substituents is 1. The van der Waals surface area contributed by atoms with E-state index in [1.807, 2.05) is 24.3 Å². The van der Waals surface area contributed by atoms with Gasteiger partial charge in [0.1, 0.15) is 17.2 Å². The molecule has 4 rings (SSSR count). The smallest absolute Gasteiger partial charge is 0.311 e. The van der Waals surface area contributed by atoms with Gasteiger partial charge in [0.25, 0.3) is 0 Å². The van der Waals surface area contributed by atoms with Crippen LogP contribution < -0.4 is 15.2 Å². The molecular weight excluding hydrogens is 380 g/mol. The first-order valence-electron chi connectivity index (χ1n) is 9.15. The lowest BCUT2D eigenvalue weighted by Crippen LogP contribution is -1.93. The van der Waals surface area contributed by atoms with Gasteiger partial charge >= 0.3 is 5.69 Å². The first-order chi connectivity index (χ1) is 14.6. The largest absolute Gasteiger partial charge is 0.457 e. The van der Waals surface area contributed by atoms with E-state index >= 15 is 0 Å². The van der Waals surface area contributed by atoms with Crippen molar-refractivity contribution in [1.29, 1.82) is 0 Å². The summed E-state index contributed by atoms with van der Waals surface area (Å²) >= 11 is 0. The van der Waals surface area contributed by atoms with E-state index in [1.165, 1.54) is 6.07 Å². The molecule has 0 heterocycles. The summed E-state index contributed by atoms with van der Waals surface area (Å²) in [6.07, 6.45) is 0. The fraction of sp³-hybridized carbons (Fsp3) is 0. The minimum Gasteiger partial charge on any atom is -0.457 e. The lowest BCUT2D eigenvalue weighted by molar-refractivity contribution is -0.385. The van der Waals surface area contributed by atoms with Crippen LogP contribution in [0.2, 0.25) is 0 Å². The molecule has 6 nitrogen and oxygen atoms in total. The molecule has 2 N–H and O–H groups in total. The molecule has 4 aromatic rings. The van der Waals surface area contributed by atoms with Gasteiger partial charge in [0, 0.05) is 11.8 Å². The quantitative estimate of drug-likeness (QED) is 0.237. The van der Waals surface area contributed by atoms with E-state index in [1.54, 1.807) is 60.7 Å². The minimum absolute atomic E-state index is 0.0870. The molecule has 0 unspecified atom stereocenters. The summed E-state index contributed by atoms with van der Waals surface area (Å²) in [5, 5.41) is 11.2. The van der Waals surface area contributed by atoms with Crippen LogP contribution in [0, 0.1) is 16.2 Å². The van der Waals surface area contributed by atoms with E-state index in [-0.39, 0.29) is 11.4 Å². The summed E-state index contributed by atoms with van der Waals surface area (Å²) in [7, 11) is 0. The molecule has 0 saturated carbocycles. The molecule has 147 valence electrons. The average molecular weight is 397 g/mol. The molecular formula is C24H17N2O4. The number of ether oxygens (including phenoxy) is 2. The Morgan fingerprint density at radius 2 is 1.47 bits per heavy atom. The van der Waals surface area contributed by atoms with Crippen LogP contribution in [0.15, 0.2) is 91.0 Å². The summed E-state index contributed by atoms with van der Waals surface area (Å²) in [6.45, 7) is 0. The lowest BCUT2D eigenvalue weighted by atomic mass is 10.1. The number of benzene rings is 4. The molecule has 0 aliphatic heterocycles. The Morgan fingerprint density at radius 3 is 2.17 bits per heavy atom. The van der Waals surface area contributed by atoms with Crippen LogP contribution in [0.25, 0.3) is 11.1 Å². The number of anilines is 1. The van der Waals surface area contributed by atoms with Crippen molar-refractivity contribution in [2.75, 3.05) is 5.73 Å². The number of nitrogen functional groups attached to an aromatic ring is 1. The number of hydrogen-bond acceptors (Lipinski definition) is 5. The van der Waals surface area contributed by atoms with Gasteiger partial charge < -0.3 is 15.2 Å². The first-order valence-corrected chi connectivity index (χ1v) is 9.15. The second kappa shape index (κ2) is 8.36.